The van der Waals surface area contributed by atoms with Crippen molar-refractivity contribution in [1.29, 1.82) is 0 Å². The van der Waals surface area contributed by atoms with Gasteiger partial charge in [-0.1, -0.05) is 18.2 Å². The van der Waals surface area contributed by atoms with Crippen molar-refractivity contribution in [3.05, 3.63) is 63.8 Å². The van der Waals surface area contributed by atoms with E-state index in [2.05, 4.69) is 27.5 Å². The molecule has 0 atom stereocenters. The summed E-state index contributed by atoms with van der Waals surface area (Å²) in [5.41, 5.74) is 3.48. The normalized spacial score (nSPS) is 11.3. The second-order valence-electron chi connectivity index (χ2n) is 5.04. The summed E-state index contributed by atoms with van der Waals surface area (Å²) in [6, 6.07) is 11.7. The Kier molecular flexibility index (Phi) is 2.65. The number of aryl methyl sites for hydroxylation is 1. The summed E-state index contributed by atoms with van der Waals surface area (Å²) in [4.78, 5) is 20.0. The van der Waals surface area contributed by atoms with Crippen molar-refractivity contribution in [1.82, 2.24) is 9.97 Å². The van der Waals surface area contributed by atoms with E-state index < -0.39 is 0 Å². The Bertz CT molecular complexity index is 1030. The van der Waals surface area contributed by atoms with E-state index in [0.29, 0.717) is 11.0 Å². The number of H-pyrrole nitrogens is 1. The van der Waals surface area contributed by atoms with Crippen LogP contribution in [0.3, 0.4) is 0 Å². The lowest BCUT2D eigenvalue weighted by molar-refractivity contribution is 1.26. The molecular formula is C17H12N2OS. The van der Waals surface area contributed by atoms with Crippen molar-refractivity contribution in [2.45, 2.75) is 6.92 Å². The Hall–Kier alpha value is -2.46. The van der Waals surface area contributed by atoms with Crippen LogP contribution in [-0.2, 0) is 0 Å². The van der Waals surface area contributed by atoms with E-state index in [1.54, 1.807) is 23.6 Å². The van der Waals surface area contributed by atoms with Crippen molar-refractivity contribution < 1.29 is 0 Å². The number of pyridine rings is 2. The first-order valence-corrected chi connectivity index (χ1v) is 7.57. The van der Waals surface area contributed by atoms with E-state index in [4.69, 9.17) is 0 Å². The second-order valence-corrected chi connectivity index (χ2v) is 5.96. The largest absolute Gasteiger partial charge is 0.339 e. The maximum absolute atomic E-state index is 12.4. The highest BCUT2D eigenvalue weighted by molar-refractivity contribution is 7.17. The SMILES string of the molecule is Cc1ccnc2[nH]c(-c3csc4ccccc34)cc(=O)c12. The van der Waals surface area contributed by atoms with Crippen molar-refractivity contribution in [2.75, 3.05) is 0 Å². The van der Waals surface area contributed by atoms with Crippen LogP contribution in [0.5, 0.6) is 0 Å². The average Bonchev–Trinajstić information content (AvgIpc) is 2.91. The number of rotatable bonds is 1. The molecule has 3 heterocycles. The molecule has 0 saturated heterocycles. The zero-order chi connectivity index (χ0) is 14.4. The van der Waals surface area contributed by atoms with E-state index in [9.17, 15) is 4.79 Å². The number of fused-ring (bicyclic) bond motifs is 2. The highest BCUT2D eigenvalue weighted by Crippen LogP contribution is 2.32. The molecule has 3 aromatic heterocycles. The van der Waals surface area contributed by atoms with E-state index in [1.807, 2.05) is 25.1 Å². The zero-order valence-electron chi connectivity index (χ0n) is 11.4. The molecule has 3 nitrogen and oxygen atoms in total. The topological polar surface area (TPSA) is 45.8 Å². The summed E-state index contributed by atoms with van der Waals surface area (Å²) < 4.78 is 1.21. The first kappa shape index (κ1) is 12.3. The van der Waals surface area contributed by atoms with Gasteiger partial charge < -0.3 is 4.98 Å². The van der Waals surface area contributed by atoms with E-state index in [-0.39, 0.29) is 5.43 Å². The first-order chi connectivity index (χ1) is 10.2. The highest BCUT2D eigenvalue weighted by atomic mass is 32.1. The standard InChI is InChI=1S/C17H12N2OS/c1-10-6-7-18-17-16(10)14(20)8-13(19-17)12-9-21-15-5-3-2-4-11(12)15/h2-9H,1H3,(H,18,19,20). The fourth-order valence-corrected chi connectivity index (χ4v) is 3.62. The molecule has 0 aliphatic carbocycles. The number of nitrogens with one attached hydrogen (secondary N) is 1. The van der Waals surface area contributed by atoms with Gasteiger partial charge in [0.1, 0.15) is 5.65 Å². The Morgan fingerprint density at radius 1 is 1.19 bits per heavy atom. The number of benzene rings is 1. The van der Waals surface area contributed by atoms with Gasteiger partial charge in [0.15, 0.2) is 5.43 Å². The molecule has 0 amide bonds. The van der Waals surface area contributed by atoms with Gasteiger partial charge in [-0.15, -0.1) is 11.3 Å². The summed E-state index contributed by atoms with van der Waals surface area (Å²) in [6.45, 7) is 1.93. The summed E-state index contributed by atoms with van der Waals surface area (Å²) in [6.07, 6.45) is 1.73. The van der Waals surface area contributed by atoms with Gasteiger partial charge in [-0.3, -0.25) is 4.79 Å². The van der Waals surface area contributed by atoms with Crippen LogP contribution in [0.15, 0.2) is 52.8 Å². The van der Waals surface area contributed by atoms with Gasteiger partial charge in [-0.2, -0.15) is 0 Å². The molecule has 102 valence electrons. The Morgan fingerprint density at radius 3 is 2.95 bits per heavy atom. The molecule has 0 aliphatic heterocycles. The second kappa shape index (κ2) is 4.53. The zero-order valence-corrected chi connectivity index (χ0v) is 12.2. The van der Waals surface area contributed by atoms with Crippen LogP contribution in [0.2, 0.25) is 0 Å². The maximum atomic E-state index is 12.4. The highest BCUT2D eigenvalue weighted by Gasteiger charge is 2.10. The fraction of sp³-hybridized carbons (Fsp3) is 0.0588. The summed E-state index contributed by atoms with van der Waals surface area (Å²) in [7, 11) is 0. The summed E-state index contributed by atoms with van der Waals surface area (Å²) >= 11 is 1.68. The van der Waals surface area contributed by atoms with E-state index in [0.717, 1.165) is 22.2 Å². The smallest absolute Gasteiger partial charge is 0.191 e. The van der Waals surface area contributed by atoms with Crippen molar-refractivity contribution >= 4 is 32.5 Å². The number of nitrogens with zero attached hydrogens (tertiary/aromatic N) is 1. The Morgan fingerprint density at radius 2 is 2.05 bits per heavy atom. The molecule has 0 saturated carbocycles. The number of hydrogen-bond donors (Lipinski definition) is 1. The summed E-state index contributed by atoms with van der Waals surface area (Å²) in [5.74, 6) is 0. The van der Waals surface area contributed by atoms with E-state index >= 15 is 0 Å². The molecule has 4 heteroatoms. The van der Waals surface area contributed by atoms with Crippen LogP contribution < -0.4 is 5.43 Å². The summed E-state index contributed by atoms with van der Waals surface area (Å²) in [5, 5.41) is 3.91. The molecule has 21 heavy (non-hydrogen) atoms. The predicted octanol–water partition coefficient (Wildman–Crippen LogP) is 4.11. The molecule has 1 aromatic carbocycles. The van der Waals surface area contributed by atoms with Crippen molar-refractivity contribution in [2.24, 2.45) is 0 Å². The lowest BCUT2D eigenvalue weighted by Crippen LogP contribution is -2.05. The van der Waals surface area contributed by atoms with Crippen LogP contribution >= 0.6 is 11.3 Å². The van der Waals surface area contributed by atoms with Crippen molar-refractivity contribution in [3.63, 3.8) is 0 Å². The molecule has 1 N–H and O–H groups in total. The minimum atomic E-state index is 0.0135. The molecule has 0 spiro atoms. The van der Waals surface area contributed by atoms with Gasteiger partial charge in [0.25, 0.3) is 0 Å². The molecule has 0 radical (unpaired) electrons. The minimum absolute atomic E-state index is 0.0135. The van der Waals surface area contributed by atoms with Gasteiger partial charge in [0.2, 0.25) is 0 Å². The Balaban J connectivity index is 2.06. The van der Waals surface area contributed by atoms with Crippen LogP contribution in [0.4, 0.5) is 0 Å². The number of aromatic amines is 1. The van der Waals surface area contributed by atoms with Crippen LogP contribution in [0.1, 0.15) is 5.56 Å². The number of hydrogen-bond acceptors (Lipinski definition) is 3. The monoisotopic (exact) mass is 292 g/mol. The van der Waals surface area contributed by atoms with Gasteiger partial charge >= 0.3 is 0 Å². The molecule has 0 aliphatic rings. The maximum Gasteiger partial charge on any atom is 0.191 e. The van der Waals surface area contributed by atoms with Crippen LogP contribution in [0.25, 0.3) is 32.4 Å². The Labute approximate surface area is 124 Å². The molecule has 0 bridgehead atoms. The quantitative estimate of drug-likeness (QED) is 0.574. The molecule has 0 fully saturated rings. The third kappa shape index (κ3) is 1.87. The molecular weight excluding hydrogens is 280 g/mol. The number of aromatic nitrogens is 2. The van der Waals surface area contributed by atoms with Crippen LogP contribution in [-0.4, -0.2) is 9.97 Å². The lowest BCUT2D eigenvalue weighted by Gasteiger charge is -2.04. The van der Waals surface area contributed by atoms with Crippen molar-refractivity contribution in [3.8, 4) is 11.3 Å². The third-order valence-electron chi connectivity index (χ3n) is 3.71. The average molecular weight is 292 g/mol. The molecule has 0 unspecified atom stereocenters. The molecule has 4 rings (SSSR count). The van der Waals surface area contributed by atoms with Gasteiger partial charge in [-0.25, -0.2) is 4.98 Å². The first-order valence-electron chi connectivity index (χ1n) is 6.69. The van der Waals surface area contributed by atoms with Gasteiger partial charge in [-0.05, 0) is 24.6 Å². The minimum Gasteiger partial charge on any atom is -0.339 e. The fourth-order valence-electron chi connectivity index (χ4n) is 2.66. The van der Waals surface area contributed by atoms with Crippen LogP contribution in [0, 0.1) is 6.92 Å². The molecule has 4 aromatic rings. The number of thiophene rings is 1. The van der Waals surface area contributed by atoms with Gasteiger partial charge in [0, 0.05) is 33.3 Å². The lowest BCUT2D eigenvalue weighted by atomic mass is 10.1. The third-order valence-corrected chi connectivity index (χ3v) is 4.67. The van der Waals surface area contributed by atoms with Gasteiger partial charge in [0.05, 0.1) is 11.1 Å². The predicted molar refractivity (Wildman–Crippen MR) is 87.9 cm³/mol. The van der Waals surface area contributed by atoms with E-state index in [1.165, 1.54) is 4.70 Å².